The van der Waals surface area contributed by atoms with Gasteiger partial charge in [0.1, 0.15) is 5.76 Å². The summed E-state index contributed by atoms with van der Waals surface area (Å²) < 4.78 is 22.2. The van der Waals surface area contributed by atoms with E-state index in [2.05, 4.69) is 0 Å². The topological polar surface area (TPSA) is 61.1 Å². The first kappa shape index (κ1) is 15.6. The molecule has 0 radical (unpaired) electrons. The van der Waals surface area contributed by atoms with Crippen molar-refractivity contribution in [2.75, 3.05) is 20.5 Å². The summed E-state index contributed by atoms with van der Waals surface area (Å²) in [5.74, 6) is 3.06. The molecule has 0 aliphatic carbocycles. The number of furan rings is 1. The predicted octanol–water partition coefficient (Wildman–Crippen LogP) is 3.77. The van der Waals surface area contributed by atoms with E-state index in [0.717, 1.165) is 39.4 Å². The first-order valence-corrected chi connectivity index (χ1v) is 8.03. The lowest BCUT2D eigenvalue weighted by Gasteiger charge is -2.03. The molecule has 4 rings (SSSR count). The highest BCUT2D eigenvalue weighted by molar-refractivity contribution is 5.86. The maximum Gasteiger partial charge on any atom is 0.231 e. The summed E-state index contributed by atoms with van der Waals surface area (Å²) in [6, 6.07) is 11.8. The Labute approximate surface area is 145 Å². The van der Waals surface area contributed by atoms with Crippen LogP contribution in [0.15, 0.2) is 46.9 Å². The molecule has 2 aromatic carbocycles. The molecule has 25 heavy (non-hydrogen) atoms. The number of rotatable bonds is 5. The summed E-state index contributed by atoms with van der Waals surface area (Å²) in [6.07, 6.45) is 4.19. The molecule has 0 saturated carbocycles. The van der Waals surface area contributed by atoms with Crippen LogP contribution in [0.25, 0.3) is 17.0 Å². The summed E-state index contributed by atoms with van der Waals surface area (Å²) in [7, 11) is 1.62. The molecular formula is C20H18O5. The van der Waals surface area contributed by atoms with E-state index in [1.54, 1.807) is 13.2 Å². The van der Waals surface area contributed by atoms with E-state index in [-0.39, 0.29) is 13.4 Å². The minimum Gasteiger partial charge on any atom is -0.493 e. The molecule has 0 bridgehead atoms. The molecule has 0 fully saturated rings. The average Bonchev–Trinajstić information content (AvgIpc) is 3.24. The van der Waals surface area contributed by atoms with Gasteiger partial charge in [-0.05, 0) is 41.5 Å². The van der Waals surface area contributed by atoms with Crippen LogP contribution in [-0.2, 0) is 6.42 Å². The molecular weight excluding hydrogens is 320 g/mol. The van der Waals surface area contributed by atoms with Crippen LogP contribution in [0.1, 0.15) is 16.9 Å². The smallest absolute Gasteiger partial charge is 0.231 e. The molecule has 0 amide bonds. The standard InChI is InChI=1S/C20H18O5/c1-22-19-10-13(3-2-6-21)7-15-11-16(25-20(15)19)8-14-4-5-17-18(9-14)24-12-23-17/h2-5,7,9-11,21H,6,8,12H2,1H3. The lowest BCUT2D eigenvalue weighted by molar-refractivity contribution is 0.174. The van der Waals surface area contributed by atoms with Gasteiger partial charge in [0.05, 0.1) is 13.7 Å². The van der Waals surface area contributed by atoms with Gasteiger partial charge in [-0.1, -0.05) is 18.2 Å². The van der Waals surface area contributed by atoms with Crippen LogP contribution in [-0.4, -0.2) is 25.6 Å². The minimum atomic E-state index is 0.00109. The summed E-state index contributed by atoms with van der Waals surface area (Å²) in [5.41, 5.74) is 2.76. The van der Waals surface area contributed by atoms with E-state index in [9.17, 15) is 0 Å². The minimum absolute atomic E-state index is 0.00109. The third-order valence-corrected chi connectivity index (χ3v) is 4.11. The zero-order valence-electron chi connectivity index (χ0n) is 13.8. The van der Waals surface area contributed by atoms with Crippen LogP contribution in [0, 0.1) is 0 Å². The molecule has 0 spiro atoms. The Morgan fingerprint density at radius 3 is 2.84 bits per heavy atom. The Balaban J connectivity index is 1.67. The molecule has 2 heterocycles. The first-order chi connectivity index (χ1) is 12.3. The van der Waals surface area contributed by atoms with Crippen molar-refractivity contribution in [3.05, 3.63) is 59.4 Å². The number of aliphatic hydroxyl groups is 1. The van der Waals surface area contributed by atoms with E-state index in [0.29, 0.717) is 12.2 Å². The highest BCUT2D eigenvalue weighted by atomic mass is 16.7. The van der Waals surface area contributed by atoms with E-state index in [1.165, 1.54) is 0 Å². The number of ether oxygens (including phenoxy) is 3. The number of aliphatic hydroxyl groups excluding tert-OH is 1. The van der Waals surface area contributed by atoms with Gasteiger partial charge in [0, 0.05) is 11.8 Å². The first-order valence-electron chi connectivity index (χ1n) is 8.03. The molecule has 0 unspecified atom stereocenters. The van der Waals surface area contributed by atoms with Crippen LogP contribution in [0.2, 0.25) is 0 Å². The zero-order chi connectivity index (χ0) is 17.2. The van der Waals surface area contributed by atoms with Crippen molar-refractivity contribution in [2.24, 2.45) is 0 Å². The average molecular weight is 338 g/mol. The molecule has 0 atom stereocenters. The lowest BCUT2D eigenvalue weighted by atomic mass is 10.1. The Bertz CT molecular complexity index is 939. The second-order valence-electron chi connectivity index (χ2n) is 5.80. The van der Waals surface area contributed by atoms with E-state index < -0.39 is 0 Å². The molecule has 5 nitrogen and oxygen atoms in total. The molecule has 1 aliphatic heterocycles. The molecule has 5 heteroatoms. The van der Waals surface area contributed by atoms with E-state index >= 15 is 0 Å². The predicted molar refractivity (Wildman–Crippen MR) is 94.3 cm³/mol. The van der Waals surface area contributed by atoms with Gasteiger partial charge >= 0.3 is 0 Å². The van der Waals surface area contributed by atoms with Gasteiger partial charge in [0.15, 0.2) is 22.8 Å². The van der Waals surface area contributed by atoms with Gasteiger partial charge in [-0.2, -0.15) is 0 Å². The normalized spacial score (nSPS) is 13.0. The van der Waals surface area contributed by atoms with Crippen LogP contribution in [0.5, 0.6) is 17.2 Å². The molecule has 0 saturated heterocycles. The second kappa shape index (κ2) is 6.53. The summed E-state index contributed by atoms with van der Waals surface area (Å²) >= 11 is 0. The molecule has 1 aliphatic rings. The molecule has 128 valence electrons. The highest BCUT2D eigenvalue weighted by Crippen LogP contribution is 2.35. The van der Waals surface area contributed by atoms with Crippen molar-refractivity contribution in [1.82, 2.24) is 0 Å². The van der Waals surface area contributed by atoms with Crippen molar-refractivity contribution in [2.45, 2.75) is 6.42 Å². The summed E-state index contributed by atoms with van der Waals surface area (Å²) in [6.45, 7) is 0.270. The summed E-state index contributed by atoms with van der Waals surface area (Å²) in [4.78, 5) is 0. The Hall–Kier alpha value is -2.92. The lowest BCUT2D eigenvalue weighted by Crippen LogP contribution is -1.93. The molecule has 1 N–H and O–H groups in total. The zero-order valence-corrected chi connectivity index (χ0v) is 13.8. The third kappa shape index (κ3) is 3.06. The van der Waals surface area contributed by atoms with Crippen LogP contribution >= 0.6 is 0 Å². The number of methoxy groups -OCH3 is 1. The van der Waals surface area contributed by atoms with Gasteiger partial charge in [0.25, 0.3) is 0 Å². The van der Waals surface area contributed by atoms with Crippen LogP contribution in [0.3, 0.4) is 0 Å². The quantitative estimate of drug-likeness (QED) is 0.767. The van der Waals surface area contributed by atoms with Crippen LogP contribution in [0.4, 0.5) is 0 Å². The number of fused-ring (bicyclic) bond motifs is 2. The van der Waals surface area contributed by atoms with Gasteiger partial charge in [-0.25, -0.2) is 0 Å². The third-order valence-electron chi connectivity index (χ3n) is 4.11. The largest absolute Gasteiger partial charge is 0.493 e. The fraction of sp³-hybridized carbons (Fsp3) is 0.200. The number of hydrogen-bond donors (Lipinski definition) is 1. The van der Waals surface area contributed by atoms with Gasteiger partial charge < -0.3 is 23.7 Å². The maximum absolute atomic E-state index is 8.95. The second-order valence-corrected chi connectivity index (χ2v) is 5.80. The SMILES string of the molecule is COc1cc(C=CCO)cc2cc(Cc3ccc4c(c3)OCO4)oc12. The Morgan fingerprint density at radius 2 is 2.00 bits per heavy atom. The highest BCUT2D eigenvalue weighted by Gasteiger charge is 2.15. The van der Waals surface area contributed by atoms with Gasteiger partial charge in [-0.15, -0.1) is 0 Å². The van der Waals surface area contributed by atoms with E-state index in [4.69, 9.17) is 23.7 Å². The van der Waals surface area contributed by atoms with Crippen molar-refractivity contribution in [3.63, 3.8) is 0 Å². The van der Waals surface area contributed by atoms with Crippen molar-refractivity contribution < 1.29 is 23.7 Å². The fourth-order valence-corrected chi connectivity index (χ4v) is 2.97. The molecule has 1 aromatic heterocycles. The monoisotopic (exact) mass is 338 g/mol. The number of hydrogen-bond acceptors (Lipinski definition) is 5. The maximum atomic E-state index is 8.95. The van der Waals surface area contributed by atoms with Gasteiger partial charge in [0.2, 0.25) is 6.79 Å². The summed E-state index contributed by atoms with van der Waals surface area (Å²) in [5, 5.41) is 9.91. The van der Waals surface area contributed by atoms with Crippen LogP contribution < -0.4 is 14.2 Å². The Kier molecular flexibility index (Phi) is 4.07. The molecule has 3 aromatic rings. The Morgan fingerprint density at radius 1 is 1.12 bits per heavy atom. The van der Waals surface area contributed by atoms with E-state index in [1.807, 2.05) is 42.5 Å². The fourth-order valence-electron chi connectivity index (χ4n) is 2.97. The van der Waals surface area contributed by atoms with Crippen molar-refractivity contribution in [3.8, 4) is 17.2 Å². The number of benzene rings is 2. The van der Waals surface area contributed by atoms with Crippen molar-refractivity contribution in [1.29, 1.82) is 0 Å². The van der Waals surface area contributed by atoms with Crippen molar-refractivity contribution >= 4 is 17.0 Å². The van der Waals surface area contributed by atoms with Gasteiger partial charge in [-0.3, -0.25) is 0 Å².